The van der Waals surface area contributed by atoms with Crippen molar-refractivity contribution < 1.29 is 0 Å². The van der Waals surface area contributed by atoms with Gasteiger partial charge in [0.1, 0.15) is 0 Å². The van der Waals surface area contributed by atoms with Gasteiger partial charge in [-0.25, -0.2) is 0 Å². The maximum atomic E-state index is 9.74. The molecule has 0 N–H and O–H groups in total. The highest BCUT2D eigenvalue weighted by Crippen LogP contribution is 2.47. The SMILES string of the molecule is Cc1cc(C)c(-c2ccc3c(c2)c2cc(-c4c(C)cc(C)cc4C)cc4c2n3-c2cc(-c3ccc(C#N)cc3)c(C)c3c2B4n2c4ccccc4c4cccc-3c42)c(C)c1. The number of nitriles is 1. The second-order valence-electron chi connectivity index (χ2n) is 17.6. The molecule has 0 radical (unpaired) electrons. The number of hydrogen-bond acceptors (Lipinski definition) is 1. The first kappa shape index (κ1) is 34.9. The first-order valence-electron chi connectivity index (χ1n) is 21.1. The average molecular weight is 768 g/mol. The zero-order chi connectivity index (χ0) is 40.9. The molecule has 0 atom stereocenters. The summed E-state index contributed by atoms with van der Waals surface area (Å²) in [5.74, 6) is 0. The molecule has 0 saturated carbocycles. The van der Waals surface area contributed by atoms with E-state index in [1.807, 2.05) is 12.1 Å². The van der Waals surface area contributed by atoms with Crippen molar-refractivity contribution in [2.45, 2.75) is 48.5 Å². The van der Waals surface area contributed by atoms with E-state index in [0.717, 1.165) is 5.56 Å². The van der Waals surface area contributed by atoms with Crippen LogP contribution in [-0.4, -0.2) is 15.9 Å². The van der Waals surface area contributed by atoms with Gasteiger partial charge < -0.3 is 9.05 Å². The fraction of sp³-hybridized carbons (Fsp3) is 0.125. The van der Waals surface area contributed by atoms with Crippen LogP contribution in [0.15, 0.2) is 127 Å². The van der Waals surface area contributed by atoms with Crippen LogP contribution in [0.1, 0.15) is 44.5 Å². The largest absolute Gasteiger partial charge is 0.375 e. The van der Waals surface area contributed by atoms with Gasteiger partial charge in [-0.2, -0.15) is 5.26 Å². The second-order valence-corrected chi connectivity index (χ2v) is 17.6. The number of nitrogens with zero attached hydrogens (tertiary/aromatic N) is 3. The Kier molecular flexibility index (Phi) is 7.11. The summed E-state index contributed by atoms with van der Waals surface area (Å²) >= 11 is 0. The molecular weight excluding hydrogens is 725 g/mol. The number of para-hydroxylation sites is 2. The number of aryl methyl sites for hydroxylation is 6. The van der Waals surface area contributed by atoms with Crippen LogP contribution in [0.25, 0.3) is 93.8 Å². The van der Waals surface area contributed by atoms with Gasteiger partial charge in [0, 0.05) is 43.8 Å². The molecule has 2 aliphatic rings. The number of fused-ring (bicyclic) bond motifs is 10. The molecule has 10 aromatic rings. The Labute approximate surface area is 350 Å². The molecule has 0 unspecified atom stereocenters. The maximum absolute atomic E-state index is 9.74. The monoisotopic (exact) mass is 767 g/mol. The predicted molar refractivity (Wildman–Crippen MR) is 254 cm³/mol. The normalized spacial score (nSPS) is 12.5. The molecule has 0 saturated heterocycles. The summed E-state index contributed by atoms with van der Waals surface area (Å²) in [5, 5.41) is 14.9. The third kappa shape index (κ3) is 4.55. The quantitative estimate of drug-likeness (QED) is 0.165. The van der Waals surface area contributed by atoms with E-state index in [4.69, 9.17) is 0 Å². The van der Waals surface area contributed by atoms with E-state index in [-0.39, 0.29) is 6.85 Å². The first-order chi connectivity index (χ1) is 29.1. The Bertz CT molecular complexity index is 3580. The van der Waals surface area contributed by atoms with Gasteiger partial charge >= 0.3 is 6.85 Å². The number of aromatic nitrogens is 2. The predicted octanol–water partition coefficient (Wildman–Crippen LogP) is 12.9. The minimum atomic E-state index is -0.0626. The fourth-order valence-corrected chi connectivity index (χ4v) is 11.8. The average Bonchev–Trinajstić information content (AvgIpc) is 3.74. The van der Waals surface area contributed by atoms with Gasteiger partial charge in [-0.05, 0) is 169 Å². The molecule has 4 heterocycles. The van der Waals surface area contributed by atoms with Crippen molar-refractivity contribution in [1.29, 1.82) is 5.26 Å². The molecule has 2 aliphatic heterocycles. The molecule has 60 heavy (non-hydrogen) atoms. The molecule has 0 bridgehead atoms. The lowest BCUT2D eigenvalue weighted by Gasteiger charge is -2.36. The zero-order valence-electron chi connectivity index (χ0n) is 35.0. The van der Waals surface area contributed by atoms with Crippen LogP contribution in [0.3, 0.4) is 0 Å². The Morgan fingerprint density at radius 2 is 1.12 bits per heavy atom. The Hall–Kier alpha value is -7.09. The van der Waals surface area contributed by atoms with Crippen molar-refractivity contribution in [3.05, 3.63) is 172 Å². The molecule has 4 heteroatoms. The van der Waals surface area contributed by atoms with Gasteiger partial charge in [-0.3, -0.25) is 0 Å². The minimum Gasteiger partial charge on any atom is -0.375 e. The summed E-state index contributed by atoms with van der Waals surface area (Å²) in [5.41, 5.74) is 28.7. The van der Waals surface area contributed by atoms with E-state index in [2.05, 4.69) is 179 Å². The fourth-order valence-electron chi connectivity index (χ4n) is 11.8. The number of rotatable bonds is 3. The topological polar surface area (TPSA) is 33.6 Å². The van der Waals surface area contributed by atoms with E-state index in [0.29, 0.717) is 5.56 Å². The van der Waals surface area contributed by atoms with Crippen molar-refractivity contribution >= 4 is 61.4 Å². The molecule has 0 aliphatic carbocycles. The van der Waals surface area contributed by atoms with Crippen LogP contribution in [0, 0.1) is 59.8 Å². The lowest BCUT2D eigenvalue weighted by Crippen LogP contribution is -2.55. The molecule has 8 aromatic carbocycles. The van der Waals surface area contributed by atoms with Gasteiger partial charge in [0.2, 0.25) is 0 Å². The zero-order valence-corrected chi connectivity index (χ0v) is 35.0. The standard InChI is InChI=1S/C56H42BN3/c1-30-21-32(3)51(33(4)22-30)39-19-20-48-45(25-39)46-26-40(52-34(5)23-31(2)24-35(52)6)27-47-56(46)59(48)50-28-44(38-17-15-37(29-58)16-18-38)36(7)53-43-13-10-12-42-41-11-8-9-14-49(41)60(55(42)43)57(47)54(50)53/h8-28H,1-7H3. The molecule has 3 nitrogen and oxygen atoms in total. The Balaban J connectivity index is 1.29. The van der Waals surface area contributed by atoms with Gasteiger partial charge in [0.25, 0.3) is 0 Å². The number of benzene rings is 8. The summed E-state index contributed by atoms with van der Waals surface area (Å²) in [6.45, 7) is 15.7. The first-order valence-corrected chi connectivity index (χ1v) is 21.1. The van der Waals surface area contributed by atoms with Crippen LogP contribution in [-0.2, 0) is 0 Å². The summed E-state index contributed by atoms with van der Waals surface area (Å²) in [4.78, 5) is 0. The van der Waals surface area contributed by atoms with Crippen molar-refractivity contribution in [3.63, 3.8) is 0 Å². The van der Waals surface area contributed by atoms with Crippen molar-refractivity contribution in [3.8, 4) is 56.3 Å². The molecule has 2 aromatic heterocycles. The van der Waals surface area contributed by atoms with E-state index in [1.165, 1.54) is 138 Å². The number of hydrogen-bond donors (Lipinski definition) is 0. The van der Waals surface area contributed by atoms with E-state index in [1.54, 1.807) is 0 Å². The van der Waals surface area contributed by atoms with E-state index >= 15 is 0 Å². The summed E-state index contributed by atoms with van der Waals surface area (Å²) < 4.78 is 5.27. The second kappa shape index (κ2) is 12.2. The lowest BCUT2D eigenvalue weighted by molar-refractivity contribution is 1.17. The van der Waals surface area contributed by atoms with Crippen LogP contribution < -0.4 is 10.9 Å². The van der Waals surface area contributed by atoms with Crippen LogP contribution >= 0.6 is 0 Å². The Morgan fingerprint density at radius 1 is 0.483 bits per heavy atom. The van der Waals surface area contributed by atoms with Crippen LogP contribution in [0.2, 0.25) is 0 Å². The summed E-state index contributed by atoms with van der Waals surface area (Å²) in [7, 11) is 0. The molecule has 0 fully saturated rings. The molecule has 0 amide bonds. The summed E-state index contributed by atoms with van der Waals surface area (Å²) in [6, 6.07) is 50.3. The van der Waals surface area contributed by atoms with Crippen molar-refractivity contribution in [2.75, 3.05) is 0 Å². The third-order valence-corrected chi connectivity index (χ3v) is 13.8. The third-order valence-electron chi connectivity index (χ3n) is 13.8. The smallest absolute Gasteiger partial charge is 0.333 e. The van der Waals surface area contributed by atoms with Crippen molar-refractivity contribution in [1.82, 2.24) is 9.05 Å². The van der Waals surface area contributed by atoms with E-state index < -0.39 is 0 Å². The molecule has 0 spiro atoms. The van der Waals surface area contributed by atoms with Gasteiger partial charge in [-0.15, -0.1) is 0 Å². The van der Waals surface area contributed by atoms with Crippen LogP contribution in [0.4, 0.5) is 0 Å². The molecule has 284 valence electrons. The van der Waals surface area contributed by atoms with E-state index in [9.17, 15) is 5.26 Å². The van der Waals surface area contributed by atoms with Gasteiger partial charge in [0.15, 0.2) is 0 Å². The summed E-state index contributed by atoms with van der Waals surface area (Å²) in [6.07, 6.45) is 0. The highest BCUT2D eigenvalue weighted by Gasteiger charge is 2.43. The lowest BCUT2D eigenvalue weighted by atomic mass is 9.45. The maximum Gasteiger partial charge on any atom is 0.333 e. The van der Waals surface area contributed by atoms with Crippen molar-refractivity contribution in [2.24, 2.45) is 0 Å². The highest BCUT2D eigenvalue weighted by atomic mass is 15.0. The van der Waals surface area contributed by atoms with Gasteiger partial charge in [0.05, 0.1) is 22.7 Å². The highest BCUT2D eigenvalue weighted by molar-refractivity contribution is 6.90. The molecular formula is C56H42BN3. The minimum absolute atomic E-state index is 0.0626. The Morgan fingerprint density at radius 3 is 1.82 bits per heavy atom. The molecule has 12 rings (SSSR count). The van der Waals surface area contributed by atoms with Gasteiger partial charge in [-0.1, -0.05) is 96.1 Å². The van der Waals surface area contributed by atoms with Crippen LogP contribution in [0.5, 0.6) is 0 Å².